The molecular weight excluding hydrogens is 248 g/mol. The lowest BCUT2D eigenvalue weighted by Gasteiger charge is -2.31. The first-order valence-electron chi connectivity index (χ1n) is 5.53. The summed E-state index contributed by atoms with van der Waals surface area (Å²) in [6.45, 7) is 3.59. The minimum atomic E-state index is -1.56. The molecule has 1 atom stereocenters. The van der Waals surface area contributed by atoms with Crippen LogP contribution in [0.2, 0.25) is 0 Å². The Morgan fingerprint density at radius 1 is 1.26 bits per heavy atom. The fourth-order valence-electron chi connectivity index (χ4n) is 1.28. The number of nitrogens with zero attached hydrogens (tertiary/aromatic N) is 2. The smallest absolute Gasteiger partial charge is 0.368 e. The van der Waals surface area contributed by atoms with Gasteiger partial charge in [0.25, 0.3) is 0 Å². The fraction of sp³-hybridized carbons (Fsp3) is 0.308. The number of hydrogen-bond donors (Lipinski definition) is 1. The van der Waals surface area contributed by atoms with Crippen molar-refractivity contribution >= 4 is 18.1 Å². The van der Waals surface area contributed by atoms with Gasteiger partial charge in [0.1, 0.15) is 5.97 Å². The molecule has 0 amide bonds. The lowest BCUT2D eigenvalue weighted by Crippen LogP contribution is -2.58. The Bertz CT molecular complexity index is 424. The van der Waals surface area contributed by atoms with Crippen LogP contribution in [0.1, 0.15) is 0 Å². The highest BCUT2D eigenvalue weighted by Gasteiger charge is 2.32. The first-order valence-corrected chi connectivity index (χ1v) is 5.53. The molecule has 0 radical (unpaired) electrons. The minimum absolute atomic E-state index is 0.183. The van der Waals surface area contributed by atoms with Gasteiger partial charge in [0.2, 0.25) is 6.04 Å². The van der Waals surface area contributed by atoms with Crippen molar-refractivity contribution in [3.63, 3.8) is 0 Å². The molecule has 104 valence electrons. The largest absolute Gasteiger partial charge is 0.543 e. The Hall–Kier alpha value is -2.21. The number of likely N-dealkylation sites (N-methyl/N-ethyl adjacent to an activating group) is 1. The molecule has 19 heavy (non-hydrogen) atoms. The average molecular weight is 267 g/mol. The monoisotopic (exact) mass is 267 g/mol. The summed E-state index contributed by atoms with van der Waals surface area (Å²) in [7, 11) is 4.44. The van der Waals surface area contributed by atoms with Gasteiger partial charge >= 0.3 is 5.97 Å². The zero-order valence-corrected chi connectivity index (χ0v) is 11.3. The van der Waals surface area contributed by atoms with E-state index in [1.165, 1.54) is 21.1 Å². The van der Waals surface area contributed by atoms with Crippen LogP contribution in [0, 0.1) is 0 Å². The molecule has 1 aromatic rings. The summed E-state index contributed by atoms with van der Waals surface area (Å²) in [6, 6.07) is 4.39. The third kappa shape index (κ3) is 6.32. The number of carbonyl (C=O) groups excluding carboxylic acids is 1. The quantitative estimate of drug-likeness (QED) is 0.430. The van der Waals surface area contributed by atoms with E-state index in [1.807, 2.05) is 35.2 Å². The van der Waals surface area contributed by atoms with Crippen molar-refractivity contribution in [2.24, 2.45) is 0 Å². The molecule has 6 heteroatoms. The lowest BCUT2D eigenvalue weighted by molar-refractivity contribution is -0.880. The summed E-state index contributed by atoms with van der Waals surface area (Å²) in [5.74, 6) is -2.94. The number of rotatable bonds is 4. The molecule has 0 aliphatic carbocycles. The zero-order valence-electron chi connectivity index (χ0n) is 11.3. The van der Waals surface area contributed by atoms with E-state index in [1.54, 1.807) is 6.20 Å². The second kappa shape index (κ2) is 7.27. The standard InChI is InChI=1S/C7H8N.C6H11NO4/c1-2-8-6-4-3-5-7-8;1-7(2,3)4(5(8)9)6(10)11/h2-7H,1H2;4H,1-3H3,(H-,8,9,10,11)/q+1;. The first kappa shape index (κ1) is 16.8. The third-order valence-corrected chi connectivity index (χ3v) is 2.18. The Morgan fingerprint density at radius 3 is 1.89 bits per heavy atom. The molecule has 6 nitrogen and oxygen atoms in total. The van der Waals surface area contributed by atoms with Crippen molar-refractivity contribution in [1.82, 2.24) is 0 Å². The maximum Gasteiger partial charge on any atom is 0.368 e. The normalized spacial score (nSPS) is 11.7. The second-order valence-electron chi connectivity index (χ2n) is 4.68. The van der Waals surface area contributed by atoms with Gasteiger partial charge < -0.3 is 19.5 Å². The Kier molecular flexibility index (Phi) is 6.43. The van der Waals surface area contributed by atoms with Gasteiger partial charge in [-0.15, -0.1) is 0 Å². The van der Waals surface area contributed by atoms with Crippen LogP contribution in [0.15, 0.2) is 37.2 Å². The number of pyridine rings is 1. The van der Waals surface area contributed by atoms with Crippen LogP contribution >= 0.6 is 0 Å². The highest BCUT2D eigenvalue weighted by molar-refractivity contribution is 5.94. The summed E-state index contributed by atoms with van der Waals surface area (Å²) in [6.07, 6.45) is 5.62. The molecular formula is C13H19N2O4+. The van der Waals surface area contributed by atoms with Gasteiger partial charge in [0.05, 0.1) is 21.1 Å². The van der Waals surface area contributed by atoms with Gasteiger partial charge in [-0.3, -0.25) is 0 Å². The summed E-state index contributed by atoms with van der Waals surface area (Å²) < 4.78 is 1.71. The molecule has 0 aromatic carbocycles. The number of aliphatic carboxylic acids is 2. The van der Waals surface area contributed by atoms with Crippen molar-refractivity contribution < 1.29 is 28.9 Å². The van der Waals surface area contributed by atoms with Gasteiger partial charge in [0.15, 0.2) is 18.6 Å². The van der Waals surface area contributed by atoms with Crippen molar-refractivity contribution in [2.75, 3.05) is 21.1 Å². The lowest BCUT2D eigenvalue weighted by atomic mass is 10.2. The van der Waals surface area contributed by atoms with Crippen LogP contribution < -0.4 is 9.67 Å². The number of aromatic nitrogens is 1. The molecule has 0 saturated carbocycles. The van der Waals surface area contributed by atoms with Crippen LogP contribution in [0.4, 0.5) is 0 Å². The maximum atomic E-state index is 10.4. The summed E-state index contributed by atoms with van der Waals surface area (Å²) in [4.78, 5) is 20.6. The van der Waals surface area contributed by atoms with Crippen LogP contribution in [0.5, 0.6) is 0 Å². The van der Waals surface area contributed by atoms with Crippen molar-refractivity contribution in [3.8, 4) is 0 Å². The number of carbonyl (C=O) groups is 2. The first-order chi connectivity index (χ1) is 8.70. The van der Waals surface area contributed by atoms with E-state index in [0.29, 0.717) is 0 Å². The summed E-state index contributed by atoms with van der Waals surface area (Å²) in [5.41, 5.74) is 0. The van der Waals surface area contributed by atoms with E-state index in [4.69, 9.17) is 5.11 Å². The molecule has 1 rings (SSSR count). The molecule has 0 spiro atoms. The van der Waals surface area contributed by atoms with E-state index >= 15 is 0 Å². The highest BCUT2D eigenvalue weighted by atomic mass is 16.4. The third-order valence-electron chi connectivity index (χ3n) is 2.18. The Balaban J connectivity index is 0.000000356. The molecule has 0 bridgehead atoms. The van der Waals surface area contributed by atoms with E-state index in [-0.39, 0.29) is 4.48 Å². The minimum Gasteiger partial charge on any atom is -0.543 e. The predicted octanol–water partition coefficient (Wildman–Crippen LogP) is -1.03. The molecule has 1 aromatic heterocycles. The fourth-order valence-corrected chi connectivity index (χ4v) is 1.28. The van der Waals surface area contributed by atoms with Crippen molar-refractivity contribution in [2.45, 2.75) is 6.04 Å². The van der Waals surface area contributed by atoms with Gasteiger partial charge in [-0.1, -0.05) is 6.07 Å². The summed E-state index contributed by atoms with van der Waals surface area (Å²) >= 11 is 0. The molecule has 0 saturated heterocycles. The molecule has 1 N–H and O–H groups in total. The van der Waals surface area contributed by atoms with Gasteiger partial charge in [-0.05, 0) is 6.58 Å². The molecule has 0 aliphatic rings. The SMILES string of the molecule is C=C[n+]1ccccc1.C[N+](C)(C)C(C(=O)[O-])C(=O)O. The molecule has 1 heterocycles. The van der Waals surface area contributed by atoms with E-state index < -0.39 is 18.0 Å². The number of quaternary nitrogens is 1. The number of hydrogen-bond acceptors (Lipinski definition) is 3. The van der Waals surface area contributed by atoms with Gasteiger partial charge in [-0.25, -0.2) is 4.79 Å². The van der Waals surface area contributed by atoms with Crippen LogP contribution in [0.25, 0.3) is 6.20 Å². The maximum absolute atomic E-state index is 10.4. The number of carboxylic acid groups (broad SMARTS) is 2. The topological polar surface area (TPSA) is 81.3 Å². The second-order valence-corrected chi connectivity index (χ2v) is 4.68. The van der Waals surface area contributed by atoms with E-state index in [0.717, 1.165) is 0 Å². The number of carboxylic acids is 2. The van der Waals surface area contributed by atoms with Crippen molar-refractivity contribution in [1.29, 1.82) is 0 Å². The zero-order chi connectivity index (χ0) is 15.1. The molecule has 0 aliphatic heterocycles. The average Bonchev–Trinajstić information content (AvgIpc) is 2.27. The molecule has 1 unspecified atom stereocenters. The highest BCUT2D eigenvalue weighted by Crippen LogP contribution is 2.01. The van der Waals surface area contributed by atoms with Crippen LogP contribution in [-0.4, -0.2) is 48.7 Å². The Morgan fingerprint density at radius 2 is 1.74 bits per heavy atom. The van der Waals surface area contributed by atoms with Gasteiger partial charge in [-0.2, -0.15) is 4.57 Å². The van der Waals surface area contributed by atoms with Crippen LogP contribution in [-0.2, 0) is 9.59 Å². The summed E-state index contributed by atoms with van der Waals surface area (Å²) in [5, 5.41) is 18.7. The van der Waals surface area contributed by atoms with E-state index in [9.17, 15) is 14.7 Å². The van der Waals surface area contributed by atoms with Gasteiger partial charge in [0, 0.05) is 12.1 Å². The Labute approximate surface area is 112 Å². The predicted molar refractivity (Wildman–Crippen MR) is 67.5 cm³/mol. The van der Waals surface area contributed by atoms with Crippen molar-refractivity contribution in [3.05, 3.63) is 37.2 Å². The molecule has 0 fully saturated rings. The van der Waals surface area contributed by atoms with E-state index in [2.05, 4.69) is 6.58 Å². The van der Waals surface area contributed by atoms with Crippen LogP contribution in [0.3, 0.4) is 0 Å².